The summed E-state index contributed by atoms with van der Waals surface area (Å²) in [5.41, 5.74) is 11.5. The highest BCUT2D eigenvalue weighted by atomic mass is 19.1. The molecule has 0 spiro atoms. The Morgan fingerprint density at radius 3 is 2.67 bits per heavy atom. The Morgan fingerprint density at radius 1 is 1.29 bits per heavy atom. The molecule has 0 aliphatic carbocycles. The van der Waals surface area contributed by atoms with Crippen LogP contribution < -0.4 is 16.8 Å². The molecule has 0 atom stereocenters. The molecule has 1 heterocycles. The molecule has 128 valence electrons. The number of esters is 1. The largest absolute Gasteiger partial charge is 0.459 e. The van der Waals surface area contributed by atoms with Crippen molar-refractivity contribution >= 4 is 23.4 Å². The van der Waals surface area contributed by atoms with Gasteiger partial charge in [0.2, 0.25) is 5.95 Å². The van der Waals surface area contributed by atoms with E-state index in [1.807, 2.05) is 0 Å². The highest BCUT2D eigenvalue weighted by molar-refractivity contribution is 5.76. The maximum absolute atomic E-state index is 14.1. The Hall–Kier alpha value is -2.90. The first-order valence-corrected chi connectivity index (χ1v) is 7.30. The Bertz CT molecular complexity index is 759. The fraction of sp³-hybridized carbons (Fsp3) is 0.312. The number of nitrogens with one attached hydrogen (secondary N) is 1. The topological polar surface area (TPSA) is 116 Å². The minimum Gasteiger partial charge on any atom is -0.459 e. The molecule has 7 nitrogen and oxygen atoms in total. The SMILES string of the molecule is CC(C)(C)OC(=O)CNc1cccc(-c2nc(N)nc(N)c2F)c1. The number of aromatic nitrogens is 2. The first-order valence-electron chi connectivity index (χ1n) is 7.30. The van der Waals surface area contributed by atoms with Crippen molar-refractivity contribution in [3.63, 3.8) is 0 Å². The molecule has 0 saturated heterocycles. The van der Waals surface area contributed by atoms with Crippen molar-refractivity contribution in [2.75, 3.05) is 23.3 Å². The van der Waals surface area contributed by atoms with E-state index in [9.17, 15) is 9.18 Å². The summed E-state index contributed by atoms with van der Waals surface area (Å²) in [7, 11) is 0. The van der Waals surface area contributed by atoms with E-state index in [1.165, 1.54) is 0 Å². The molecular weight excluding hydrogens is 313 g/mol. The molecule has 0 amide bonds. The summed E-state index contributed by atoms with van der Waals surface area (Å²) in [6.07, 6.45) is 0. The van der Waals surface area contributed by atoms with Gasteiger partial charge in [-0.3, -0.25) is 4.79 Å². The number of rotatable bonds is 4. The fourth-order valence-electron chi connectivity index (χ4n) is 2.00. The molecule has 24 heavy (non-hydrogen) atoms. The number of hydrogen-bond donors (Lipinski definition) is 3. The molecule has 8 heteroatoms. The summed E-state index contributed by atoms with van der Waals surface area (Å²) in [4.78, 5) is 19.2. The molecule has 0 bridgehead atoms. The fourth-order valence-corrected chi connectivity index (χ4v) is 2.00. The molecule has 1 aromatic carbocycles. The van der Waals surface area contributed by atoms with Crippen molar-refractivity contribution in [1.29, 1.82) is 0 Å². The predicted octanol–water partition coefficient (Wildman–Crippen LogP) is 2.20. The van der Waals surface area contributed by atoms with Crippen LogP contribution in [0.1, 0.15) is 20.8 Å². The van der Waals surface area contributed by atoms with Crippen LogP contribution in [0.4, 0.5) is 21.8 Å². The number of nitrogens with two attached hydrogens (primary N) is 2. The number of anilines is 3. The van der Waals surface area contributed by atoms with Crippen LogP contribution in [0.15, 0.2) is 24.3 Å². The number of carbonyl (C=O) groups is 1. The first kappa shape index (κ1) is 17.5. The van der Waals surface area contributed by atoms with Crippen LogP contribution in [0.2, 0.25) is 0 Å². The zero-order valence-electron chi connectivity index (χ0n) is 13.8. The van der Waals surface area contributed by atoms with Gasteiger partial charge < -0.3 is 21.5 Å². The van der Waals surface area contributed by atoms with Crippen LogP contribution in [0, 0.1) is 5.82 Å². The molecule has 0 aliphatic rings. The van der Waals surface area contributed by atoms with E-state index in [4.69, 9.17) is 16.2 Å². The van der Waals surface area contributed by atoms with E-state index in [1.54, 1.807) is 45.0 Å². The van der Waals surface area contributed by atoms with Crippen molar-refractivity contribution in [3.8, 4) is 11.3 Å². The quantitative estimate of drug-likeness (QED) is 0.734. The van der Waals surface area contributed by atoms with Crippen LogP contribution in [0.3, 0.4) is 0 Å². The first-order chi connectivity index (χ1) is 11.2. The second-order valence-electron chi connectivity index (χ2n) is 6.15. The smallest absolute Gasteiger partial charge is 0.325 e. The van der Waals surface area contributed by atoms with Gasteiger partial charge in [-0.15, -0.1) is 0 Å². The number of nitrogen functional groups attached to an aromatic ring is 2. The van der Waals surface area contributed by atoms with Gasteiger partial charge in [0.15, 0.2) is 11.6 Å². The van der Waals surface area contributed by atoms with Crippen molar-refractivity contribution in [1.82, 2.24) is 9.97 Å². The molecule has 2 rings (SSSR count). The van der Waals surface area contributed by atoms with Crippen LogP contribution in [0.25, 0.3) is 11.3 Å². The second-order valence-corrected chi connectivity index (χ2v) is 6.15. The zero-order chi connectivity index (χ0) is 17.9. The Morgan fingerprint density at radius 2 is 2.00 bits per heavy atom. The lowest BCUT2D eigenvalue weighted by Crippen LogP contribution is -2.28. The summed E-state index contributed by atoms with van der Waals surface area (Å²) in [5, 5.41) is 2.92. The standard InChI is InChI=1S/C16H20FN5O2/c1-16(2,3)24-11(23)8-20-10-6-4-5-9(7-10)13-12(17)14(18)22-15(19)21-13/h4-7,20H,8H2,1-3H3,(H4,18,19,21,22). The van der Waals surface area contributed by atoms with E-state index in [0.29, 0.717) is 11.3 Å². The summed E-state index contributed by atoms with van der Waals surface area (Å²) < 4.78 is 19.3. The predicted molar refractivity (Wildman–Crippen MR) is 90.6 cm³/mol. The highest BCUT2D eigenvalue weighted by Gasteiger charge is 2.16. The van der Waals surface area contributed by atoms with Gasteiger partial charge in [-0.1, -0.05) is 12.1 Å². The highest BCUT2D eigenvalue weighted by Crippen LogP contribution is 2.26. The third-order valence-electron chi connectivity index (χ3n) is 2.89. The Balaban J connectivity index is 2.17. The Labute approximate surface area is 139 Å². The number of hydrogen-bond acceptors (Lipinski definition) is 7. The minimum atomic E-state index is -0.742. The summed E-state index contributed by atoms with van der Waals surface area (Å²) in [6.45, 7) is 5.35. The van der Waals surface area contributed by atoms with Gasteiger partial charge in [0.05, 0.1) is 0 Å². The van der Waals surface area contributed by atoms with Crippen molar-refractivity contribution in [2.45, 2.75) is 26.4 Å². The lowest BCUT2D eigenvalue weighted by atomic mass is 10.1. The van der Waals surface area contributed by atoms with Gasteiger partial charge in [0, 0.05) is 11.3 Å². The minimum absolute atomic E-state index is 0.000850. The van der Waals surface area contributed by atoms with Crippen molar-refractivity contribution in [3.05, 3.63) is 30.1 Å². The van der Waals surface area contributed by atoms with Gasteiger partial charge in [-0.2, -0.15) is 4.98 Å². The van der Waals surface area contributed by atoms with Crippen LogP contribution in [-0.2, 0) is 9.53 Å². The van der Waals surface area contributed by atoms with E-state index >= 15 is 0 Å². The molecule has 2 aromatic rings. The van der Waals surface area contributed by atoms with Gasteiger partial charge in [0.1, 0.15) is 17.8 Å². The van der Waals surface area contributed by atoms with Crippen LogP contribution in [0.5, 0.6) is 0 Å². The van der Waals surface area contributed by atoms with E-state index < -0.39 is 17.4 Å². The average molecular weight is 333 g/mol. The van der Waals surface area contributed by atoms with Gasteiger partial charge in [0.25, 0.3) is 0 Å². The molecule has 0 unspecified atom stereocenters. The van der Waals surface area contributed by atoms with Gasteiger partial charge >= 0.3 is 5.97 Å². The zero-order valence-corrected chi connectivity index (χ0v) is 13.8. The number of ether oxygens (including phenoxy) is 1. The van der Waals surface area contributed by atoms with Crippen molar-refractivity contribution < 1.29 is 13.9 Å². The van der Waals surface area contributed by atoms with Crippen LogP contribution in [-0.4, -0.2) is 28.1 Å². The number of carbonyl (C=O) groups excluding carboxylic acids is 1. The number of halogens is 1. The van der Waals surface area contributed by atoms with E-state index in [0.717, 1.165) is 0 Å². The lowest BCUT2D eigenvalue weighted by Gasteiger charge is -2.19. The van der Waals surface area contributed by atoms with Crippen molar-refractivity contribution in [2.24, 2.45) is 0 Å². The molecule has 0 fully saturated rings. The number of nitrogens with zero attached hydrogens (tertiary/aromatic N) is 2. The molecule has 1 aromatic heterocycles. The van der Waals surface area contributed by atoms with Gasteiger partial charge in [-0.05, 0) is 32.9 Å². The second kappa shape index (κ2) is 6.69. The average Bonchev–Trinajstić information content (AvgIpc) is 2.47. The molecular formula is C16H20FN5O2. The Kier molecular flexibility index (Phi) is 4.87. The molecule has 0 saturated carbocycles. The summed E-state index contributed by atoms with van der Waals surface area (Å²) in [6, 6.07) is 6.72. The maximum Gasteiger partial charge on any atom is 0.325 e. The monoisotopic (exact) mass is 333 g/mol. The third-order valence-corrected chi connectivity index (χ3v) is 2.89. The maximum atomic E-state index is 14.1. The summed E-state index contributed by atoms with van der Waals surface area (Å²) in [5.74, 6) is -1.57. The van der Waals surface area contributed by atoms with Crippen LogP contribution >= 0.6 is 0 Å². The lowest BCUT2D eigenvalue weighted by molar-refractivity contribution is -0.152. The molecule has 0 aliphatic heterocycles. The number of benzene rings is 1. The third kappa shape index (κ3) is 4.55. The molecule has 5 N–H and O–H groups in total. The van der Waals surface area contributed by atoms with E-state index in [2.05, 4.69) is 15.3 Å². The van der Waals surface area contributed by atoms with Gasteiger partial charge in [-0.25, -0.2) is 9.37 Å². The molecule has 0 radical (unpaired) electrons. The normalized spacial score (nSPS) is 11.2. The summed E-state index contributed by atoms with van der Waals surface area (Å²) >= 11 is 0. The van der Waals surface area contributed by atoms with E-state index in [-0.39, 0.29) is 24.0 Å².